The van der Waals surface area contributed by atoms with E-state index in [1.165, 1.54) is 11.8 Å². The number of nitrogens with one attached hydrogen (secondary N) is 1. The third-order valence-corrected chi connectivity index (χ3v) is 6.42. The van der Waals surface area contributed by atoms with Gasteiger partial charge in [-0.25, -0.2) is 0 Å². The zero-order valence-electron chi connectivity index (χ0n) is 18.9. The number of para-hydroxylation sites is 1. The third kappa shape index (κ3) is 5.47. The molecule has 35 heavy (non-hydrogen) atoms. The van der Waals surface area contributed by atoms with E-state index in [-0.39, 0.29) is 11.7 Å². The number of benzene rings is 3. The first kappa shape index (κ1) is 22.6. The zero-order chi connectivity index (χ0) is 23.9. The van der Waals surface area contributed by atoms with E-state index in [4.69, 9.17) is 0 Å². The maximum atomic E-state index is 12.9. The van der Waals surface area contributed by atoms with Gasteiger partial charge in [0.2, 0.25) is 5.91 Å². The van der Waals surface area contributed by atoms with Gasteiger partial charge in [0.1, 0.15) is 0 Å². The van der Waals surface area contributed by atoms with Crippen LogP contribution in [0.15, 0.2) is 115 Å². The monoisotopic (exact) mass is 477 g/mol. The van der Waals surface area contributed by atoms with Crippen LogP contribution >= 0.6 is 11.8 Å². The number of nitrogens with zero attached hydrogens (tertiary/aromatic N) is 4. The molecule has 0 aliphatic heterocycles. The van der Waals surface area contributed by atoms with Crippen LogP contribution in [0.5, 0.6) is 0 Å². The lowest BCUT2D eigenvalue weighted by Crippen LogP contribution is -2.15. The number of carbonyl (C=O) groups is 1. The second-order valence-corrected chi connectivity index (χ2v) is 8.80. The normalized spacial score (nSPS) is 10.7. The Morgan fingerprint density at radius 1 is 0.771 bits per heavy atom. The second kappa shape index (κ2) is 10.8. The molecule has 3 aromatic carbocycles. The minimum atomic E-state index is -0.0990. The Morgan fingerprint density at radius 3 is 2.23 bits per heavy atom. The number of aromatic nitrogens is 4. The molecular weight excluding hydrogens is 454 g/mol. The smallest absolute Gasteiger partial charge is 0.234 e. The van der Waals surface area contributed by atoms with E-state index >= 15 is 0 Å². The van der Waals surface area contributed by atoms with Crippen molar-refractivity contribution in [1.82, 2.24) is 19.7 Å². The average Bonchev–Trinajstić information content (AvgIpc) is 3.31. The Morgan fingerprint density at radius 2 is 1.46 bits per heavy atom. The Hall–Kier alpha value is -4.23. The van der Waals surface area contributed by atoms with Crippen LogP contribution in [-0.2, 0) is 11.3 Å². The lowest BCUT2D eigenvalue weighted by molar-refractivity contribution is -0.113. The number of hydrogen-bond donors (Lipinski definition) is 1. The fourth-order valence-corrected chi connectivity index (χ4v) is 4.53. The third-order valence-electron chi connectivity index (χ3n) is 5.46. The Bertz CT molecular complexity index is 1410. The maximum Gasteiger partial charge on any atom is 0.234 e. The van der Waals surface area contributed by atoms with Crippen molar-refractivity contribution < 1.29 is 4.79 Å². The molecule has 0 fully saturated rings. The summed E-state index contributed by atoms with van der Waals surface area (Å²) in [5, 5.41) is 12.6. The molecule has 172 valence electrons. The zero-order valence-corrected chi connectivity index (χ0v) is 19.7. The second-order valence-electron chi connectivity index (χ2n) is 7.86. The lowest BCUT2D eigenvalue weighted by atomic mass is 10.0. The number of thioether (sulfide) groups is 1. The van der Waals surface area contributed by atoms with Gasteiger partial charge in [-0.3, -0.25) is 14.3 Å². The summed E-state index contributed by atoms with van der Waals surface area (Å²) in [7, 11) is 0. The molecule has 0 unspecified atom stereocenters. The molecule has 1 N–H and O–H groups in total. The summed E-state index contributed by atoms with van der Waals surface area (Å²) >= 11 is 1.37. The van der Waals surface area contributed by atoms with Crippen molar-refractivity contribution in [2.24, 2.45) is 0 Å². The molecule has 1 amide bonds. The number of anilines is 1. The van der Waals surface area contributed by atoms with Gasteiger partial charge in [-0.2, -0.15) is 0 Å². The average molecular weight is 478 g/mol. The van der Waals surface area contributed by atoms with Crippen molar-refractivity contribution >= 4 is 23.4 Å². The number of hydrogen-bond acceptors (Lipinski definition) is 5. The van der Waals surface area contributed by atoms with Gasteiger partial charge in [0, 0.05) is 29.2 Å². The highest BCUT2D eigenvalue weighted by molar-refractivity contribution is 7.99. The topological polar surface area (TPSA) is 72.7 Å². The predicted octanol–water partition coefficient (Wildman–Crippen LogP) is 5.79. The molecule has 0 atom stereocenters. The van der Waals surface area contributed by atoms with Crippen LogP contribution in [0.1, 0.15) is 5.56 Å². The van der Waals surface area contributed by atoms with Crippen LogP contribution in [0, 0.1) is 0 Å². The van der Waals surface area contributed by atoms with Gasteiger partial charge in [-0.05, 0) is 29.3 Å². The van der Waals surface area contributed by atoms with E-state index in [1.54, 1.807) is 12.4 Å². The minimum Gasteiger partial charge on any atom is -0.325 e. The molecule has 0 saturated carbocycles. The van der Waals surface area contributed by atoms with Crippen molar-refractivity contribution in [2.75, 3.05) is 11.1 Å². The van der Waals surface area contributed by atoms with Crippen LogP contribution < -0.4 is 5.32 Å². The minimum absolute atomic E-state index is 0.0990. The Labute approximate surface area is 208 Å². The van der Waals surface area contributed by atoms with Crippen molar-refractivity contribution in [1.29, 1.82) is 0 Å². The molecule has 0 saturated heterocycles. The predicted molar refractivity (Wildman–Crippen MR) is 140 cm³/mol. The summed E-state index contributed by atoms with van der Waals surface area (Å²) in [6, 6.07) is 31.8. The van der Waals surface area contributed by atoms with Gasteiger partial charge < -0.3 is 5.32 Å². The van der Waals surface area contributed by atoms with Gasteiger partial charge in [-0.1, -0.05) is 90.6 Å². The molecule has 2 heterocycles. The van der Waals surface area contributed by atoms with Crippen LogP contribution in [-0.4, -0.2) is 31.4 Å². The van der Waals surface area contributed by atoms with E-state index in [1.807, 2.05) is 89.5 Å². The highest BCUT2D eigenvalue weighted by Crippen LogP contribution is 2.29. The molecule has 7 heteroatoms. The van der Waals surface area contributed by atoms with Gasteiger partial charge in [0.25, 0.3) is 0 Å². The van der Waals surface area contributed by atoms with Gasteiger partial charge in [0.15, 0.2) is 11.0 Å². The van der Waals surface area contributed by atoms with Crippen LogP contribution in [0.4, 0.5) is 5.69 Å². The van der Waals surface area contributed by atoms with Crippen LogP contribution in [0.25, 0.3) is 22.5 Å². The molecule has 0 aliphatic carbocycles. The SMILES string of the molecule is O=C(CSc1nnc(-c2ccncc2)n1Cc1ccccc1)Nc1ccccc1-c1ccccc1. The first-order valence-corrected chi connectivity index (χ1v) is 12.2. The molecule has 0 bridgehead atoms. The summed E-state index contributed by atoms with van der Waals surface area (Å²) < 4.78 is 2.04. The molecule has 0 radical (unpaired) electrons. The van der Waals surface area contributed by atoms with Crippen molar-refractivity contribution in [2.45, 2.75) is 11.7 Å². The summed E-state index contributed by atoms with van der Waals surface area (Å²) in [5.41, 5.74) is 4.88. The molecule has 5 aromatic rings. The fraction of sp³-hybridized carbons (Fsp3) is 0.0714. The largest absolute Gasteiger partial charge is 0.325 e. The van der Waals surface area contributed by atoms with E-state index < -0.39 is 0 Å². The van der Waals surface area contributed by atoms with Gasteiger partial charge in [0.05, 0.1) is 12.3 Å². The van der Waals surface area contributed by atoms with E-state index in [2.05, 4.69) is 32.6 Å². The van der Waals surface area contributed by atoms with E-state index in [0.29, 0.717) is 11.7 Å². The fourth-order valence-electron chi connectivity index (χ4n) is 3.80. The summed E-state index contributed by atoms with van der Waals surface area (Å²) in [5.74, 6) is 0.860. The Balaban J connectivity index is 1.35. The lowest BCUT2D eigenvalue weighted by Gasteiger charge is -2.12. The molecule has 6 nitrogen and oxygen atoms in total. The highest BCUT2D eigenvalue weighted by Gasteiger charge is 2.17. The van der Waals surface area contributed by atoms with Crippen molar-refractivity contribution in [3.8, 4) is 22.5 Å². The van der Waals surface area contributed by atoms with Crippen molar-refractivity contribution in [3.05, 3.63) is 115 Å². The molecule has 2 aromatic heterocycles. The summed E-state index contributed by atoms with van der Waals surface area (Å²) in [6.45, 7) is 0.603. The standard InChI is InChI=1S/C28H23N5OS/c34-26(30-25-14-8-7-13-24(25)22-11-5-2-6-12-22)20-35-28-32-31-27(23-15-17-29-18-16-23)33(28)19-21-9-3-1-4-10-21/h1-18H,19-20H2,(H,30,34). The quantitative estimate of drug-likeness (QED) is 0.287. The molecule has 5 rings (SSSR count). The number of rotatable bonds is 8. The van der Waals surface area contributed by atoms with E-state index in [0.717, 1.165) is 33.8 Å². The van der Waals surface area contributed by atoms with Gasteiger partial charge >= 0.3 is 0 Å². The van der Waals surface area contributed by atoms with Crippen molar-refractivity contribution in [3.63, 3.8) is 0 Å². The molecule has 0 aliphatic rings. The van der Waals surface area contributed by atoms with Gasteiger partial charge in [-0.15, -0.1) is 10.2 Å². The first-order chi connectivity index (χ1) is 17.3. The Kier molecular flexibility index (Phi) is 6.96. The summed E-state index contributed by atoms with van der Waals surface area (Å²) in [4.78, 5) is 17.0. The highest BCUT2D eigenvalue weighted by atomic mass is 32.2. The molecular formula is C28H23N5OS. The number of amides is 1. The number of pyridine rings is 1. The first-order valence-electron chi connectivity index (χ1n) is 11.2. The van der Waals surface area contributed by atoms with Crippen LogP contribution in [0.3, 0.4) is 0 Å². The maximum absolute atomic E-state index is 12.9. The van der Waals surface area contributed by atoms with E-state index in [9.17, 15) is 4.79 Å². The summed E-state index contributed by atoms with van der Waals surface area (Å²) in [6.07, 6.45) is 3.47. The van der Waals surface area contributed by atoms with Crippen LogP contribution in [0.2, 0.25) is 0 Å². The molecule has 0 spiro atoms. The number of carbonyl (C=O) groups excluding carboxylic acids is 1.